The Kier molecular flexibility index (Phi) is 6.83. The number of hydrogen-bond acceptors (Lipinski definition) is 6. The molecule has 1 N–H and O–H groups in total. The van der Waals surface area contributed by atoms with Gasteiger partial charge in [0.05, 0.1) is 16.7 Å². The summed E-state index contributed by atoms with van der Waals surface area (Å²) in [6.07, 6.45) is 0. The van der Waals surface area contributed by atoms with Crippen LogP contribution in [0.1, 0.15) is 31.0 Å². The average molecular weight is 426 g/mol. The minimum Gasteiger partial charge on any atom is -0.349 e. The Balaban J connectivity index is 1.66. The van der Waals surface area contributed by atoms with Gasteiger partial charge in [0.25, 0.3) is 5.69 Å². The fraction of sp³-hybridized carbons (Fsp3) is 0.286. The van der Waals surface area contributed by atoms with Crippen LogP contribution in [0.3, 0.4) is 0 Å². The summed E-state index contributed by atoms with van der Waals surface area (Å²) in [6, 6.07) is 13.9. The Morgan fingerprint density at radius 2 is 2.00 bits per heavy atom. The highest BCUT2D eigenvalue weighted by Gasteiger charge is 2.17. The van der Waals surface area contributed by atoms with Crippen LogP contribution in [0.25, 0.3) is 11.4 Å². The Bertz CT molecular complexity index is 1070. The van der Waals surface area contributed by atoms with Gasteiger partial charge in [-0.2, -0.15) is 0 Å². The highest BCUT2D eigenvalue weighted by Crippen LogP contribution is 2.26. The number of nitro groups is 1. The van der Waals surface area contributed by atoms with Crippen molar-refractivity contribution in [1.29, 1.82) is 0 Å². The molecule has 3 rings (SSSR count). The van der Waals surface area contributed by atoms with Gasteiger partial charge in [0, 0.05) is 24.2 Å². The number of benzene rings is 2. The van der Waals surface area contributed by atoms with Gasteiger partial charge < -0.3 is 9.88 Å². The number of amides is 1. The van der Waals surface area contributed by atoms with Gasteiger partial charge in [-0.25, -0.2) is 0 Å². The van der Waals surface area contributed by atoms with Crippen molar-refractivity contribution in [3.8, 4) is 11.4 Å². The molecule has 0 bridgehead atoms. The van der Waals surface area contributed by atoms with Gasteiger partial charge in [-0.3, -0.25) is 14.9 Å². The lowest BCUT2D eigenvalue weighted by molar-refractivity contribution is -0.384. The van der Waals surface area contributed by atoms with E-state index in [9.17, 15) is 14.9 Å². The van der Waals surface area contributed by atoms with Crippen molar-refractivity contribution in [3.63, 3.8) is 0 Å². The highest BCUT2D eigenvalue weighted by molar-refractivity contribution is 7.99. The normalized spacial score (nSPS) is 11.8. The molecule has 156 valence electrons. The molecule has 1 atom stereocenters. The maximum Gasteiger partial charge on any atom is 0.269 e. The number of rotatable bonds is 8. The second-order valence-electron chi connectivity index (χ2n) is 6.80. The summed E-state index contributed by atoms with van der Waals surface area (Å²) >= 11 is 1.32. The quantitative estimate of drug-likeness (QED) is 0.330. The standard InChI is InChI=1S/C21H23N5O3S/c1-4-25-20(18-11-6-5-8-14(18)2)23-24-21(25)30-13-19(27)22-15(3)16-9-7-10-17(12-16)26(28)29/h5-12,15H,4,13H2,1-3H3,(H,22,27). The largest absolute Gasteiger partial charge is 0.349 e. The van der Waals surface area contributed by atoms with Gasteiger partial charge in [-0.1, -0.05) is 48.2 Å². The van der Waals surface area contributed by atoms with Crippen molar-refractivity contribution in [2.24, 2.45) is 0 Å². The molecule has 0 fully saturated rings. The molecule has 0 aliphatic heterocycles. The molecule has 0 radical (unpaired) electrons. The first kappa shape index (κ1) is 21.5. The number of carbonyl (C=O) groups is 1. The van der Waals surface area contributed by atoms with E-state index in [2.05, 4.69) is 15.5 Å². The van der Waals surface area contributed by atoms with E-state index in [4.69, 9.17) is 0 Å². The summed E-state index contributed by atoms with van der Waals surface area (Å²) in [7, 11) is 0. The average Bonchev–Trinajstić information content (AvgIpc) is 3.15. The Morgan fingerprint density at radius 3 is 2.70 bits per heavy atom. The fourth-order valence-electron chi connectivity index (χ4n) is 3.11. The SMILES string of the molecule is CCn1c(SCC(=O)NC(C)c2cccc([N+](=O)[O-])c2)nnc1-c1ccccc1C. The van der Waals surface area contributed by atoms with Crippen LogP contribution in [0.4, 0.5) is 5.69 Å². The monoisotopic (exact) mass is 425 g/mol. The lowest BCUT2D eigenvalue weighted by atomic mass is 10.1. The zero-order chi connectivity index (χ0) is 21.7. The highest BCUT2D eigenvalue weighted by atomic mass is 32.2. The van der Waals surface area contributed by atoms with Gasteiger partial charge in [-0.05, 0) is 31.9 Å². The molecule has 0 saturated heterocycles. The third-order valence-electron chi connectivity index (χ3n) is 4.71. The van der Waals surface area contributed by atoms with E-state index in [1.54, 1.807) is 19.1 Å². The number of aromatic nitrogens is 3. The third-order valence-corrected chi connectivity index (χ3v) is 5.68. The van der Waals surface area contributed by atoms with Crippen molar-refractivity contribution in [3.05, 3.63) is 69.8 Å². The second kappa shape index (κ2) is 9.53. The predicted molar refractivity (Wildman–Crippen MR) is 116 cm³/mol. The number of aryl methyl sites for hydroxylation is 1. The number of non-ortho nitro benzene ring substituents is 1. The van der Waals surface area contributed by atoms with Crippen LogP contribution in [0.5, 0.6) is 0 Å². The topological polar surface area (TPSA) is 103 Å². The zero-order valence-corrected chi connectivity index (χ0v) is 17.8. The van der Waals surface area contributed by atoms with Crippen LogP contribution in [0.2, 0.25) is 0 Å². The molecule has 0 aliphatic rings. The second-order valence-corrected chi connectivity index (χ2v) is 7.74. The molecule has 1 heterocycles. The Morgan fingerprint density at radius 1 is 1.23 bits per heavy atom. The van der Waals surface area contributed by atoms with Crippen LogP contribution in [0.15, 0.2) is 53.7 Å². The zero-order valence-electron chi connectivity index (χ0n) is 17.0. The molecule has 3 aromatic rings. The van der Waals surface area contributed by atoms with Crippen molar-refractivity contribution in [2.45, 2.75) is 38.5 Å². The van der Waals surface area contributed by atoms with Crippen LogP contribution in [-0.2, 0) is 11.3 Å². The number of nitrogens with one attached hydrogen (secondary N) is 1. The molecule has 9 heteroatoms. The number of nitro benzene ring substituents is 1. The summed E-state index contributed by atoms with van der Waals surface area (Å²) < 4.78 is 1.99. The first-order valence-electron chi connectivity index (χ1n) is 9.56. The first-order chi connectivity index (χ1) is 14.4. The predicted octanol–water partition coefficient (Wildman–Crippen LogP) is 4.15. The van der Waals surface area contributed by atoms with E-state index in [1.807, 2.05) is 42.7 Å². The summed E-state index contributed by atoms with van der Waals surface area (Å²) in [6.45, 7) is 6.52. The molecular formula is C21H23N5O3S. The maximum absolute atomic E-state index is 12.4. The Labute approximate surface area is 178 Å². The minimum absolute atomic E-state index is 0.00255. The van der Waals surface area contributed by atoms with Crippen LogP contribution < -0.4 is 5.32 Å². The molecule has 0 aliphatic carbocycles. The van der Waals surface area contributed by atoms with Crippen molar-refractivity contribution in [1.82, 2.24) is 20.1 Å². The minimum atomic E-state index is -0.447. The van der Waals surface area contributed by atoms with Crippen molar-refractivity contribution in [2.75, 3.05) is 5.75 Å². The summed E-state index contributed by atoms with van der Waals surface area (Å²) in [4.78, 5) is 22.9. The van der Waals surface area contributed by atoms with Crippen LogP contribution in [-0.4, -0.2) is 31.3 Å². The van der Waals surface area contributed by atoms with E-state index in [0.717, 1.165) is 17.0 Å². The van der Waals surface area contributed by atoms with E-state index < -0.39 is 4.92 Å². The molecule has 30 heavy (non-hydrogen) atoms. The molecule has 1 unspecified atom stereocenters. The van der Waals surface area contributed by atoms with E-state index in [-0.39, 0.29) is 23.4 Å². The maximum atomic E-state index is 12.4. The van der Waals surface area contributed by atoms with Crippen LogP contribution >= 0.6 is 11.8 Å². The van der Waals surface area contributed by atoms with Crippen molar-refractivity contribution >= 4 is 23.4 Å². The molecular weight excluding hydrogens is 402 g/mol. The number of hydrogen-bond donors (Lipinski definition) is 1. The van der Waals surface area contributed by atoms with E-state index in [0.29, 0.717) is 17.3 Å². The van der Waals surface area contributed by atoms with Gasteiger partial charge in [-0.15, -0.1) is 10.2 Å². The fourth-order valence-corrected chi connectivity index (χ4v) is 3.92. The first-order valence-corrected chi connectivity index (χ1v) is 10.5. The molecule has 1 aromatic heterocycles. The number of thioether (sulfide) groups is 1. The lowest BCUT2D eigenvalue weighted by Gasteiger charge is -2.14. The summed E-state index contributed by atoms with van der Waals surface area (Å²) in [5, 5.41) is 23.1. The van der Waals surface area contributed by atoms with E-state index >= 15 is 0 Å². The smallest absolute Gasteiger partial charge is 0.269 e. The third kappa shape index (κ3) is 4.85. The van der Waals surface area contributed by atoms with Crippen LogP contribution in [0, 0.1) is 17.0 Å². The van der Waals surface area contributed by atoms with Gasteiger partial charge in [0.1, 0.15) is 0 Å². The molecule has 2 aromatic carbocycles. The van der Waals surface area contributed by atoms with Gasteiger partial charge in [0.15, 0.2) is 11.0 Å². The molecule has 1 amide bonds. The summed E-state index contributed by atoms with van der Waals surface area (Å²) in [5.74, 6) is 0.774. The van der Waals surface area contributed by atoms with Gasteiger partial charge in [0.2, 0.25) is 5.91 Å². The molecule has 0 saturated carbocycles. The van der Waals surface area contributed by atoms with E-state index in [1.165, 1.54) is 23.9 Å². The number of nitrogens with zero attached hydrogens (tertiary/aromatic N) is 4. The molecule has 8 nitrogen and oxygen atoms in total. The summed E-state index contributed by atoms with van der Waals surface area (Å²) in [5.41, 5.74) is 2.81. The molecule has 0 spiro atoms. The number of carbonyl (C=O) groups excluding carboxylic acids is 1. The lowest BCUT2D eigenvalue weighted by Crippen LogP contribution is -2.28. The Hall–Kier alpha value is -3.20. The van der Waals surface area contributed by atoms with Crippen molar-refractivity contribution < 1.29 is 9.72 Å². The van der Waals surface area contributed by atoms with Gasteiger partial charge >= 0.3 is 0 Å².